The van der Waals surface area contributed by atoms with Gasteiger partial charge in [0.1, 0.15) is 0 Å². The van der Waals surface area contributed by atoms with Gasteiger partial charge in [-0.1, -0.05) is 25.1 Å². The quantitative estimate of drug-likeness (QED) is 0.668. The second kappa shape index (κ2) is 10.2. The molecule has 0 saturated heterocycles. The van der Waals surface area contributed by atoms with Crippen LogP contribution in [0.15, 0.2) is 42.5 Å². The summed E-state index contributed by atoms with van der Waals surface area (Å²) in [5.41, 5.74) is 2.09. The lowest BCUT2D eigenvalue weighted by atomic mass is 10.1. The molecular formula is C21H25NO5. The number of benzene rings is 2. The van der Waals surface area contributed by atoms with E-state index in [1.165, 1.54) is 0 Å². The Balaban J connectivity index is 1.83. The molecule has 0 aromatic heterocycles. The first kappa shape index (κ1) is 20.3. The maximum absolute atomic E-state index is 12.1. The van der Waals surface area contributed by atoms with Crippen LogP contribution in [0.2, 0.25) is 0 Å². The number of carboxylic acid groups (broad SMARTS) is 1. The molecule has 0 aliphatic rings. The van der Waals surface area contributed by atoms with Crippen LogP contribution in [0.5, 0.6) is 11.5 Å². The summed E-state index contributed by atoms with van der Waals surface area (Å²) in [6.07, 6.45) is 1.81. The number of hydrogen-bond acceptors (Lipinski definition) is 4. The van der Waals surface area contributed by atoms with Crippen LogP contribution in [-0.4, -0.2) is 30.7 Å². The van der Waals surface area contributed by atoms with Gasteiger partial charge in [0, 0.05) is 13.0 Å². The average Bonchev–Trinajstić information content (AvgIpc) is 2.69. The van der Waals surface area contributed by atoms with Gasteiger partial charge in [0.15, 0.2) is 11.5 Å². The normalized spacial score (nSPS) is 10.3. The van der Waals surface area contributed by atoms with Crippen LogP contribution < -0.4 is 14.8 Å². The largest absolute Gasteiger partial charge is 0.493 e. The van der Waals surface area contributed by atoms with Crippen molar-refractivity contribution >= 4 is 11.9 Å². The van der Waals surface area contributed by atoms with Crippen LogP contribution >= 0.6 is 0 Å². The first-order chi connectivity index (χ1) is 13.0. The molecule has 0 aliphatic carbocycles. The number of nitrogens with one attached hydrogen (secondary N) is 1. The summed E-state index contributed by atoms with van der Waals surface area (Å²) in [5, 5.41) is 11.8. The number of carbonyl (C=O) groups is 2. The molecule has 6 heteroatoms. The van der Waals surface area contributed by atoms with E-state index in [0.717, 1.165) is 17.5 Å². The molecule has 1 amide bonds. The molecule has 0 heterocycles. The minimum atomic E-state index is -0.958. The lowest BCUT2D eigenvalue weighted by Gasteiger charge is -2.12. The molecule has 2 aromatic carbocycles. The lowest BCUT2D eigenvalue weighted by molar-refractivity contribution is -0.121. The van der Waals surface area contributed by atoms with E-state index in [0.29, 0.717) is 37.5 Å². The highest BCUT2D eigenvalue weighted by molar-refractivity contribution is 5.87. The van der Waals surface area contributed by atoms with Crippen LogP contribution in [0.3, 0.4) is 0 Å². The molecule has 0 unspecified atom stereocenters. The molecule has 0 fully saturated rings. The molecular weight excluding hydrogens is 346 g/mol. The first-order valence-corrected chi connectivity index (χ1v) is 8.92. The molecule has 0 atom stereocenters. The van der Waals surface area contributed by atoms with E-state index in [4.69, 9.17) is 14.6 Å². The molecule has 0 radical (unpaired) electrons. The molecule has 2 rings (SSSR count). The van der Waals surface area contributed by atoms with Gasteiger partial charge in [0.25, 0.3) is 0 Å². The van der Waals surface area contributed by atoms with Crippen molar-refractivity contribution in [3.05, 3.63) is 59.2 Å². The first-order valence-electron chi connectivity index (χ1n) is 8.92. The predicted octanol–water partition coefficient (Wildman–Crippen LogP) is 3.43. The van der Waals surface area contributed by atoms with Crippen LogP contribution in [-0.2, 0) is 17.8 Å². The van der Waals surface area contributed by atoms with Crippen molar-refractivity contribution in [1.29, 1.82) is 0 Å². The Labute approximate surface area is 159 Å². The summed E-state index contributed by atoms with van der Waals surface area (Å²) in [5.74, 6) is 0.316. The van der Waals surface area contributed by atoms with Crippen molar-refractivity contribution < 1.29 is 24.2 Å². The molecule has 0 aliphatic heterocycles. The zero-order valence-corrected chi connectivity index (χ0v) is 15.7. The fourth-order valence-electron chi connectivity index (χ4n) is 2.51. The minimum Gasteiger partial charge on any atom is -0.493 e. The van der Waals surface area contributed by atoms with Crippen LogP contribution in [0.25, 0.3) is 0 Å². The number of methoxy groups -OCH3 is 1. The Morgan fingerprint density at radius 2 is 1.74 bits per heavy atom. The number of aryl methyl sites for hydroxylation is 1. The van der Waals surface area contributed by atoms with E-state index in [2.05, 4.69) is 5.32 Å². The fourth-order valence-corrected chi connectivity index (χ4v) is 2.51. The van der Waals surface area contributed by atoms with Gasteiger partial charge in [0.05, 0.1) is 19.3 Å². The van der Waals surface area contributed by atoms with E-state index in [1.807, 2.05) is 25.1 Å². The van der Waals surface area contributed by atoms with Gasteiger partial charge in [-0.25, -0.2) is 4.79 Å². The number of carboxylic acids is 1. The maximum Gasteiger partial charge on any atom is 0.335 e. The predicted molar refractivity (Wildman–Crippen MR) is 102 cm³/mol. The van der Waals surface area contributed by atoms with Crippen molar-refractivity contribution in [2.75, 3.05) is 13.7 Å². The van der Waals surface area contributed by atoms with Gasteiger partial charge in [0.2, 0.25) is 5.91 Å². The number of ether oxygens (including phenoxy) is 2. The van der Waals surface area contributed by atoms with Gasteiger partial charge in [-0.3, -0.25) is 4.79 Å². The Morgan fingerprint density at radius 3 is 2.37 bits per heavy atom. The van der Waals surface area contributed by atoms with Crippen molar-refractivity contribution in [2.45, 2.75) is 32.7 Å². The van der Waals surface area contributed by atoms with E-state index in [1.54, 1.807) is 31.4 Å². The van der Waals surface area contributed by atoms with E-state index < -0.39 is 5.97 Å². The van der Waals surface area contributed by atoms with Crippen molar-refractivity contribution in [2.24, 2.45) is 0 Å². The van der Waals surface area contributed by atoms with Crippen molar-refractivity contribution in [3.8, 4) is 11.5 Å². The molecule has 0 spiro atoms. The van der Waals surface area contributed by atoms with Gasteiger partial charge >= 0.3 is 5.97 Å². The summed E-state index contributed by atoms with van der Waals surface area (Å²) in [7, 11) is 1.59. The number of amides is 1. The minimum absolute atomic E-state index is 0.0670. The summed E-state index contributed by atoms with van der Waals surface area (Å²) < 4.78 is 11.0. The van der Waals surface area contributed by atoms with Crippen LogP contribution in [0.1, 0.15) is 41.3 Å². The van der Waals surface area contributed by atoms with Crippen molar-refractivity contribution in [1.82, 2.24) is 5.32 Å². The van der Waals surface area contributed by atoms with Gasteiger partial charge in [-0.2, -0.15) is 0 Å². The summed E-state index contributed by atoms with van der Waals surface area (Å²) >= 11 is 0. The number of hydrogen-bond donors (Lipinski definition) is 2. The van der Waals surface area contributed by atoms with E-state index in [9.17, 15) is 9.59 Å². The van der Waals surface area contributed by atoms with Gasteiger partial charge in [-0.05, 0) is 48.2 Å². The SMILES string of the molecule is CCCOc1ccc(CNC(=O)CCc2ccc(C(=O)O)cc2)cc1OC. The summed E-state index contributed by atoms with van der Waals surface area (Å²) in [6, 6.07) is 12.2. The molecule has 0 saturated carbocycles. The second-order valence-corrected chi connectivity index (χ2v) is 6.11. The fraction of sp³-hybridized carbons (Fsp3) is 0.333. The smallest absolute Gasteiger partial charge is 0.335 e. The number of aromatic carboxylic acids is 1. The Hall–Kier alpha value is -3.02. The maximum atomic E-state index is 12.1. The van der Waals surface area contributed by atoms with E-state index in [-0.39, 0.29) is 11.5 Å². The lowest BCUT2D eigenvalue weighted by Crippen LogP contribution is -2.23. The Bertz CT molecular complexity index is 771. The Kier molecular flexibility index (Phi) is 7.67. The Morgan fingerprint density at radius 1 is 1.04 bits per heavy atom. The van der Waals surface area contributed by atoms with Crippen LogP contribution in [0, 0.1) is 0 Å². The van der Waals surface area contributed by atoms with Gasteiger partial charge < -0.3 is 19.9 Å². The van der Waals surface area contributed by atoms with Gasteiger partial charge in [-0.15, -0.1) is 0 Å². The summed E-state index contributed by atoms with van der Waals surface area (Å²) in [6.45, 7) is 3.07. The number of rotatable bonds is 10. The molecule has 2 N–H and O–H groups in total. The third-order valence-corrected chi connectivity index (χ3v) is 4.02. The molecule has 0 bridgehead atoms. The molecule has 27 heavy (non-hydrogen) atoms. The molecule has 144 valence electrons. The highest BCUT2D eigenvalue weighted by atomic mass is 16.5. The third kappa shape index (κ3) is 6.33. The second-order valence-electron chi connectivity index (χ2n) is 6.11. The zero-order valence-electron chi connectivity index (χ0n) is 15.7. The molecule has 6 nitrogen and oxygen atoms in total. The van der Waals surface area contributed by atoms with Crippen LogP contribution in [0.4, 0.5) is 0 Å². The molecule has 2 aromatic rings. The van der Waals surface area contributed by atoms with Crippen molar-refractivity contribution in [3.63, 3.8) is 0 Å². The highest BCUT2D eigenvalue weighted by Crippen LogP contribution is 2.28. The summed E-state index contributed by atoms with van der Waals surface area (Å²) in [4.78, 5) is 22.9. The monoisotopic (exact) mass is 371 g/mol. The zero-order chi connectivity index (χ0) is 19.6. The highest BCUT2D eigenvalue weighted by Gasteiger charge is 2.08. The topological polar surface area (TPSA) is 84.9 Å². The van der Waals surface area contributed by atoms with E-state index >= 15 is 0 Å². The average molecular weight is 371 g/mol. The standard InChI is InChI=1S/C21H25NO5/c1-3-12-27-18-10-6-16(13-19(18)26-2)14-22-20(23)11-7-15-4-8-17(9-5-15)21(24)25/h4-6,8-10,13H,3,7,11-12,14H2,1-2H3,(H,22,23)(H,24,25). The third-order valence-electron chi connectivity index (χ3n) is 4.02. The number of carbonyl (C=O) groups excluding carboxylic acids is 1.